The largest absolute Gasteiger partial charge is 0.457 e. The van der Waals surface area contributed by atoms with Crippen molar-refractivity contribution >= 4 is 0 Å². The molecule has 0 aliphatic carbocycles. The third-order valence-corrected chi connectivity index (χ3v) is 3.41. The quantitative estimate of drug-likeness (QED) is 0.713. The van der Waals surface area contributed by atoms with Gasteiger partial charge in [-0.05, 0) is 36.2 Å². The third kappa shape index (κ3) is 4.39. The molecule has 0 aliphatic heterocycles. The highest BCUT2D eigenvalue weighted by Crippen LogP contribution is 2.24. The van der Waals surface area contributed by atoms with Gasteiger partial charge in [-0.15, -0.1) is 0 Å². The van der Waals surface area contributed by atoms with E-state index in [9.17, 15) is 0 Å². The van der Waals surface area contributed by atoms with Crippen LogP contribution in [0.5, 0.6) is 11.5 Å². The van der Waals surface area contributed by atoms with Crippen molar-refractivity contribution in [1.29, 1.82) is 0 Å². The smallest absolute Gasteiger partial charge is 0.127 e. The summed E-state index contributed by atoms with van der Waals surface area (Å²) in [5.74, 6) is 1.70. The first-order chi connectivity index (χ1) is 9.79. The maximum absolute atomic E-state index is 6.20. The average molecular weight is 269 g/mol. The molecule has 1 atom stereocenters. The van der Waals surface area contributed by atoms with Crippen LogP contribution >= 0.6 is 0 Å². The third-order valence-electron chi connectivity index (χ3n) is 3.41. The number of ether oxygens (including phenoxy) is 1. The molecule has 0 heterocycles. The van der Waals surface area contributed by atoms with Crippen LogP contribution in [0, 0.1) is 0 Å². The molecule has 0 radical (unpaired) electrons. The summed E-state index contributed by atoms with van der Waals surface area (Å²) in [4.78, 5) is 0. The average Bonchev–Trinajstić information content (AvgIpc) is 2.49. The normalized spacial score (nSPS) is 12.1. The number of rotatable bonds is 7. The van der Waals surface area contributed by atoms with Crippen LogP contribution in [-0.2, 0) is 0 Å². The molecule has 0 saturated heterocycles. The maximum Gasteiger partial charge on any atom is 0.127 e. The van der Waals surface area contributed by atoms with Crippen molar-refractivity contribution in [3.8, 4) is 11.5 Å². The Bertz CT molecular complexity index is 493. The van der Waals surface area contributed by atoms with Gasteiger partial charge in [0.25, 0.3) is 0 Å². The van der Waals surface area contributed by atoms with E-state index in [1.165, 1.54) is 24.8 Å². The molecule has 106 valence electrons. The van der Waals surface area contributed by atoms with Gasteiger partial charge in [-0.25, -0.2) is 0 Å². The predicted molar refractivity (Wildman–Crippen MR) is 84.0 cm³/mol. The molecule has 2 aromatic rings. The fourth-order valence-electron chi connectivity index (χ4n) is 2.19. The van der Waals surface area contributed by atoms with Gasteiger partial charge in [-0.2, -0.15) is 0 Å². The van der Waals surface area contributed by atoms with Crippen LogP contribution in [0.2, 0.25) is 0 Å². The van der Waals surface area contributed by atoms with Gasteiger partial charge < -0.3 is 10.5 Å². The van der Waals surface area contributed by atoms with E-state index in [4.69, 9.17) is 10.5 Å². The molecule has 20 heavy (non-hydrogen) atoms. The lowest BCUT2D eigenvalue weighted by molar-refractivity contribution is 0.482. The van der Waals surface area contributed by atoms with Crippen molar-refractivity contribution in [3.05, 3.63) is 60.2 Å². The summed E-state index contributed by atoms with van der Waals surface area (Å²) in [5, 5.41) is 0. The highest BCUT2D eigenvalue weighted by molar-refractivity contribution is 5.33. The van der Waals surface area contributed by atoms with Gasteiger partial charge in [0.2, 0.25) is 0 Å². The van der Waals surface area contributed by atoms with Gasteiger partial charge in [0.1, 0.15) is 11.5 Å². The highest BCUT2D eigenvalue weighted by atomic mass is 16.5. The number of nitrogens with two attached hydrogens (primary N) is 1. The lowest BCUT2D eigenvalue weighted by Gasteiger charge is -2.12. The van der Waals surface area contributed by atoms with E-state index >= 15 is 0 Å². The van der Waals surface area contributed by atoms with E-state index in [-0.39, 0.29) is 6.04 Å². The van der Waals surface area contributed by atoms with Crippen molar-refractivity contribution < 1.29 is 4.74 Å². The molecule has 2 N–H and O–H groups in total. The zero-order valence-corrected chi connectivity index (χ0v) is 12.1. The minimum atomic E-state index is 0.132. The fourth-order valence-corrected chi connectivity index (χ4v) is 2.19. The number of hydrogen-bond donors (Lipinski definition) is 1. The molecule has 0 amide bonds. The SMILES string of the molecule is CCCCCC(N)c1ccc(Oc2ccccc2)cc1. The van der Waals surface area contributed by atoms with Gasteiger partial charge >= 0.3 is 0 Å². The molecule has 2 nitrogen and oxygen atoms in total. The summed E-state index contributed by atoms with van der Waals surface area (Å²) >= 11 is 0. The van der Waals surface area contributed by atoms with E-state index in [0.717, 1.165) is 17.9 Å². The lowest BCUT2D eigenvalue weighted by Crippen LogP contribution is -2.09. The second-order valence-electron chi connectivity index (χ2n) is 5.09. The number of para-hydroxylation sites is 1. The van der Waals surface area contributed by atoms with Gasteiger partial charge in [-0.3, -0.25) is 0 Å². The lowest BCUT2D eigenvalue weighted by atomic mass is 10.0. The van der Waals surface area contributed by atoms with Crippen LogP contribution in [0.25, 0.3) is 0 Å². The van der Waals surface area contributed by atoms with E-state index in [1.807, 2.05) is 42.5 Å². The van der Waals surface area contributed by atoms with Crippen molar-refractivity contribution in [3.63, 3.8) is 0 Å². The molecule has 0 spiro atoms. The molecule has 1 unspecified atom stereocenters. The Balaban J connectivity index is 1.92. The Kier molecular flexibility index (Phi) is 5.63. The molecular weight excluding hydrogens is 246 g/mol. The molecule has 0 saturated carbocycles. The van der Waals surface area contributed by atoms with Crippen molar-refractivity contribution in [2.24, 2.45) is 5.73 Å². The minimum absolute atomic E-state index is 0.132. The predicted octanol–water partition coefficient (Wildman–Crippen LogP) is 5.06. The first-order valence-corrected chi connectivity index (χ1v) is 7.38. The molecule has 0 aromatic heterocycles. The zero-order chi connectivity index (χ0) is 14.2. The molecule has 2 rings (SSSR count). The second-order valence-corrected chi connectivity index (χ2v) is 5.09. The number of unbranched alkanes of at least 4 members (excludes halogenated alkanes) is 2. The van der Waals surface area contributed by atoms with E-state index < -0.39 is 0 Å². The summed E-state index contributed by atoms with van der Waals surface area (Å²) in [7, 11) is 0. The van der Waals surface area contributed by atoms with Crippen LogP contribution in [0.4, 0.5) is 0 Å². The minimum Gasteiger partial charge on any atom is -0.457 e. The second kappa shape index (κ2) is 7.71. The van der Waals surface area contributed by atoms with E-state index in [2.05, 4.69) is 19.1 Å². The maximum atomic E-state index is 6.20. The highest BCUT2D eigenvalue weighted by Gasteiger charge is 2.06. The van der Waals surface area contributed by atoms with Crippen LogP contribution < -0.4 is 10.5 Å². The monoisotopic (exact) mass is 269 g/mol. The summed E-state index contributed by atoms with van der Waals surface area (Å²) in [6.07, 6.45) is 4.73. The van der Waals surface area contributed by atoms with Gasteiger partial charge in [0.05, 0.1) is 0 Å². The van der Waals surface area contributed by atoms with Crippen molar-refractivity contribution in [1.82, 2.24) is 0 Å². The van der Waals surface area contributed by atoms with Gasteiger partial charge in [0, 0.05) is 6.04 Å². The molecule has 2 aromatic carbocycles. The number of hydrogen-bond acceptors (Lipinski definition) is 2. The summed E-state index contributed by atoms with van der Waals surface area (Å²) < 4.78 is 5.77. The standard InChI is InChI=1S/C18H23NO/c1-2-3-5-10-18(19)15-11-13-17(14-12-15)20-16-8-6-4-7-9-16/h4,6-9,11-14,18H,2-3,5,10,19H2,1H3. The van der Waals surface area contributed by atoms with Crippen molar-refractivity contribution in [2.45, 2.75) is 38.6 Å². The first kappa shape index (κ1) is 14.6. The first-order valence-electron chi connectivity index (χ1n) is 7.38. The Morgan fingerprint density at radius 3 is 2.20 bits per heavy atom. The molecule has 0 fully saturated rings. The zero-order valence-electron chi connectivity index (χ0n) is 12.1. The Morgan fingerprint density at radius 1 is 0.900 bits per heavy atom. The molecule has 2 heteroatoms. The Labute approximate surface area is 121 Å². The van der Waals surface area contributed by atoms with Crippen LogP contribution in [0.15, 0.2) is 54.6 Å². The summed E-state index contributed by atoms with van der Waals surface area (Å²) in [6, 6.07) is 18.0. The Hall–Kier alpha value is -1.80. The van der Waals surface area contributed by atoms with Crippen molar-refractivity contribution in [2.75, 3.05) is 0 Å². The van der Waals surface area contributed by atoms with E-state index in [0.29, 0.717) is 0 Å². The molecule has 0 bridgehead atoms. The van der Waals surface area contributed by atoms with Crippen LogP contribution in [0.1, 0.15) is 44.2 Å². The molecular formula is C18H23NO. The fraction of sp³-hybridized carbons (Fsp3) is 0.333. The topological polar surface area (TPSA) is 35.2 Å². The molecule has 0 aliphatic rings. The Morgan fingerprint density at radius 2 is 1.55 bits per heavy atom. The van der Waals surface area contributed by atoms with Crippen LogP contribution in [-0.4, -0.2) is 0 Å². The summed E-state index contributed by atoms with van der Waals surface area (Å²) in [6.45, 7) is 2.21. The van der Waals surface area contributed by atoms with Gasteiger partial charge in [0.15, 0.2) is 0 Å². The van der Waals surface area contributed by atoms with Gasteiger partial charge in [-0.1, -0.05) is 56.5 Å². The number of benzene rings is 2. The van der Waals surface area contributed by atoms with E-state index in [1.54, 1.807) is 0 Å². The van der Waals surface area contributed by atoms with Crippen LogP contribution in [0.3, 0.4) is 0 Å². The summed E-state index contributed by atoms with van der Waals surface area (Å²) in [5.41, 5.74) is 7.38.